The molecular weight excluding hydrogens is 374 g/mol. The molecule has 0 saturated carbocycles. The minimum absolute atomic E-state index is 0.217. The maximum Gasteiger partial charge on any atom is 0.327 e. The Labute approximate surface area is 160 Å². The maximum atomic E-state index is 12.9. The summed E-state index contributed by atoms with van der Waals surface area (Å²) in [5, 5.41) is 8.25. The molecule has 140 valence electrons. The van der Waals surface area contributed by atoms with E-state index in [0.717, 1.165) is 11.8 Å². The standard InChI is InChI=1S/C18H21NO5S2/c1-11(20)26-14(16(22)12-7-5-4-6-8-12)9-15(21)19-13(17(23)24)10-25-18(19,2)3/h4-8,13-14H,9-10H2,1-3H3,(H,23,24)/t13-,14?/m0/s1. The van der Waals surface area contributed by atoms with Crippen LogP contribution in [0.5, 0.6) is 0 Å². The number of Topliss-reactive ketones (excluding diaryl/α,β-unsaturated/α-hetero) is 1. The number of nitrogens with zero attached hydrogens (tertiary/aromatic N) is 1. The van der Waals surface area contributed by atoms with Crippen molar-refractivity contribution >= 4 is 46.3 Å². The van der Waals surface area contributed by atoms with E-state index in [1.807, 2.05) is 0 Å². The fraction of sp³-hybridized carbons (Fsp3) is 0.444. The van der Waals surface area contributed by atoms with Gasteiger partial charge in [0.25, 0.3) is 0 Å². The Hall–Kier alpha value is -1.80. The Kier molecular flexibility index (Phi) is 6.52. The lowest BCUT2D eigenvalue weighted by atomic mass is 10.0. The van der Waals surface area contributed by atoms with Crippen molar-refractivity contribution in [3.8, 4) is 0 Å². The molecule has 1 aromatic carbocycles. The molecule has 0 aromatic heterocycles. The molecule has 1 fully saturated rings. The van der Waals surface area contributed by atoms with Crippen LogP contribution in [0.2, 0.25) is 0 Å². The van der Waals surface area contributed by atoms with Crippen LogP contribution in [-0.4, -0.2) is 54.7 Å². The number of carbonyl (C=O) groups excluding carboxylic acids is 3. The highest BCUT2D eigenvalue weighted by Gasteiger charge is 2.47. The van der Waals surface area contributed by atoms with Crippen molar-refractivity contribution in [2.45, 2.75) is 43.4 Å². The molecule has 1 N–H and O–H groups in total. The Balaban J connectivity index is 2.24. The number of amides is 1. The van der Waals surface area contributed by atoms with Gasteiger partial charge < -0.3 is 10.0 Å². The van der Waals surface area contributed by atoms with Gasteiger partial charge in [0.15, 0.2) is 10.9 Å². The zero-order valence-corrected chi connectivity index (χ0v) is 16.4. The number of carbonyl (C=O) groups is 4. The highest BCUT2D eigenvalue weighted by Crippen LogP contribution is 2.40. The Bertz CT molecular complexity index is 720. The second-order valence-electron chi connectivity index (χ2n) is 6.41. The third kappa shape index (κ3) is 4.67. The van der Waals surface area contributed by atoms with Crippen molar-refractivity contribution in [3.63, 3.8) is 0 Å². The zero-order chi connectivity index (χ0) is 19.5. The highest BCUT2D eigenvalue weighted by molar-refractivity contribution is 8.14. The predicted molar refractivity (Wildman–Crippen MR) is 102 cm³/mol. The van der Waals surface area contributed by atoms with E-state index >= 15 is 0 Å². The molecule has 1 aliphatic heterocycles. The highest BCUT2D eigenvalue weighted by atomic mass is 32.2. The summed E-state index contributed by atoms with van der Waals surface area (Å²) in [6, 6.07) is 7.54. The number of carboxylic acid groups (broad SMARTS) is 1. The molecule has 0 aliphatic carbocycles. The number of benzene rings is 1. The van der Waals surface area contributed by atoms with Crippen molar-refractivity contribution in [1.82, 2.24) is 4.90 Å². The molecular formula is C18H21NO5S2. The Morgan fingerprint density at radius 1 is 1.27 bits per heavy atom. The number of hydrogen-bond donors (Lipinski definition) is 1. The molecule has 1 heterocycles. The summed E-state index contributed by atoms with van der Waals surface area (Å²) in [6.45, 7) is 4.91. The molecule has 1 aromatic rings. The van der Waals surface area contributed by atoms with Gasteiger partial charge in [0.05, 0.1) is 10.1 Å². The smallest absolute Gasteiger partial charge is 0.327 e. The first-order valence-corrected chi connectivity index (χ1v) is 9.95. The molecule has 26 heavy (non-hydrogen) atoms. The molecule has 2 rings (SSSR count). The summed E-state index contributed by atoms with van der Waals surface area (Å²) in [6.07, 6.45) is -0.217. The summed E-state index contributed by atoms with van der Waals surface area (Å²) in [5.74, 6) is -1.52. The van der Waals surface area contributed by atoms with Gasteiger partial charge in [-0.2, -0.15) is 0 Å². The molecule has 2 atom stereocenters. The normalized spacial score (nSPS) is 19.8. The summed E-state index contributed by atoms with van der Waals surface area (Å²) in [4.78, 5) is 49.3. The molecule has 0 radical (unpaired) electrons. The topological polar surface area (TPSA) is 91.8 Å². The minimum Gasteiger partial charge on any atom is -0.480 e. The number of aliphatic carboxylic acids is 1. The zero-order valence-electron chi connectivity index (χ0n) is 14.8. The lowest BCUT2D eigenvalue weighted by molar-refractivity contribution is -0.150. The van der Waals surface area contributed by atoms with E-state index in [0.29, 0.717) is 11.3 Å². The molecule has 0 bridgehead atoms. The van der Waals surface area contributed by atoms with Gasteiger partial charge >= 0.3 is 5.97 Å². The summed E-state index contributed by atoms with van der Waals surface area (Å²) in [5.41, 5.74) is 0.420. The monoisotopic (exact) mass is 395 g/mol. The Morgan fingerprint density at radius 3 is 2.42 bits per heavy atom. The van der Waals surface area contributed by atoms with Gasteiger partial charge in [-0.25, -0.2) is 4.79 Å². The molecule has 6 nitrogen and oxygen atoms in total. The quantitative estimate of drug-likeness (QED) is 0.740. The van der Waals surface area contributed by atoms with E-state index in [2.05, 4.69) is 0 Å². The third-order valence-corrected chi connectivity index (χ3v) is 6.44. The van der Waals surface area contributed by atoms with Gasteiger partial charge in [0, 0.05) is 24.7 Å². The number of carboxylic acids is 1. The molecule has 0 spiro atoms. The van der Waals surface area contributed by atoms with E-state index < -0.39 is 28.0 Å². The van der Waals surface area contributed by atoms with Gasteiger partial charge in [0.2, 0.25) is 5.91 Å². The number of ketones is 1. The first-order valence-electron chi connectivity index (χ1n) is 8.09. The van der Waals surface area contributed by atoms with E-state index in [-0.39, 0.29) is 17.3 Å². The molecule has 8 heteroatoms. The van der Waals surface area contributed by atoms with Crippen LogP contribution in [0.3, 0.4) is 0 Å². The summed E-state index contributed by atoms with van der Waals surface area (Å²) < 4.78 is 0. The molecule has 1 amide bonds. The van der Waals surface area contributed by atoms with Crippen LogP contribution in [0.4, 0.5) is 0 Å². The SMILES string of the molecule is CC(=O)SC(CC(=O)N1[C@H](C(=O)O)CSC1(C)C)C(=O)c1ccccc1. The van der Waals surface area contributed by atoms with E-state index in [9.17, 15) is 24.3 Å². The van der Waals surface area contributed by atoms with Crippen LogP contribution in [0, 0.1) is 0 Å². The van der Waals surface area contributed by atoms with Gasteiger partial charge in [0.1, 0.15) is 6.04 Å². The lowest BCUT2D eigenvalue weighted by Gasteiger charge is -2.34. The minimum atomic E-state index is -1.07. The fourth-order valence-corrected chi connectivity index (χ4v) is 4.99. The van der Waals surface area contributed by atoms with Crippen LogP contribution in [-0.2, 0) is 14.4 Å². The number of thioether (sulfide) groups is 2. The van der Waals surface area contributed by atoms with Crippen LogP contribution in [0.1, 0.15) is 37.6 Å². The largest absolute Gasteiger partial charge is 0.480 e. The Morgan fingerprint density at radius 2 is 1.88 bits per heavy atom. The number of hydrogen-bond acceptors (Lipinski definition) is 6. The van der Waals surface area contributed by atoms with Crippen LogP contribution in [0.15, 0.2) is 30.3 Å². The van der Waals surface area contributed by atoms with Gasteiger partial charge in [-0.05, 0) is 13.8 Å². The van der Waals surface area contributed by atoms with Crippen molar-refractivity contribution in [3.05, 3.63) is 35.9 Å². The van der Waals surface area contributed by atoms with Crippen LogP contribution in [0.25, 0.3) is 0 Å². The van der Waals surface area contributed by atoms with Crippen LogP contribution < -0.4 is 0 Å². The van der Waals surface area contributed by atoms with E-state index in [1.54, 1.807) is 44.2 Å². The van der Waals surface area contributed by atoms with E-state index in [1.165, 1.54) is 23.6 Å². The molecule has 1 unspecified atom stereocenters. The first-order chi connectivity index (χ1) is 12.1. The maximum absolute atomic E-state index is 12.9. The second-order valence-corrected chi connectivity index (χ2v) is 9.41. The molecule has 1 saturated heterocycles. The van der Waals surface area contributed by atoms with Crippen molar-refractivity contribution in [2.24, 2.45) is 0 Å². The molecule has 1 aliphatic rings. The van der Waals surface area contributed by atoms with Crippen molar-refractivity contribution < 1.29 is 24.3 Å². The predicted octanol–water partition coefficient (Wildman–Crippen LogP) is 2.67. The van der Waals surface area contributed by atoms with Gasteiger partial charge in [-0.15, -0.1) is 11.8 Å². The van der Waals surface area contributed by atoms with Crippen molar-refractivity contribution in [2.75, 3.05) is 5.75 Å². The fourth-order valence-electron chi connectivity index (χ4n) is 2.89. The van der Waals surface area contributed by atoms with Gasteiger partial charge in [-0.3, -0.25) is 14.4 Å². The average Bonchev–Trinajstić information content (AvgIpc) is 2.89. The van der Waals surface area contributed by atoms with Gasteiger partial charge in [-0.1, -0.05) is 42.1 Å². The van der Waals surface area contributed by atoms with E-state index in [4.69, 9.17) is 0 Å². The van der Waals surface area contributed by atoms with Crippen LogP contribution >= 0.6 is 23.5 Å². The summed E-state index contributed by atoms with van der Waals surface area (Å²) >= 11 is 2.19. The second kappa shape index (κ2) is 8.26. The number of rotatable bonds is 6. The third-order valence-electron chi connectivity index (χ3n) is 4.06. The average molecular weight is 396 g/mol. The van der Waals surface area contributed by atoms with Crippen molar-refractivity contribution in [1.29, 1.82) is 0 Å². The lowest BCUT2D eigenvalue weighted by Crippen LogP contribution is -2.50. The summed E-state index contributed by atoms with van der Waals surface area (Å²) in [7, 11) is 0. The first kappa shape index (κ1) is 20.5.